The van der Waals surface area contributed by atoms with Gasteiger partial charge in [-0.2, -0.15) is 0 Å². The lowest BCUT2D eigenvalue weighted by atomic mass is 9.88. The summed E-state index contributed by atoms with van der Waals surface area (Å²) in [5.41, 5.74) is 5.92. The Hall–Kier alpha value is -1.25. The normalized spacial score (nSPS) is 25.6. The van der Waals surface area contributed by atoms with Gasteiger partial charge in [0.25, 0.3) is 0 Å². The summed E-state index contributed by atoms with van der Waals surface area (Å²) >= 11 is 1.97. The van der Waals surface area contributed by atoms with Gasteiger partial charge in [-0.1, -0.05) is 55.0 Å². The number of thioether (sulfide) groups is 1. The number of hydrogen-bond acceptors (Lipinski definition) is 2. The van der Waals surface area contributed by atoms with Crippen LogP contribution in [0.25, 0.3) is 5.57 Å². The second-order valence-corrected chi connectivity index (χ2v) is 9.43. The third kappa shape index (κ3) is 4.97. The van der Waals surface area contributed by atoms with E-state index in [0.29, 0.717) is 5.37 Å². The van der Waals surface area contributed by atoms with Gasteiger partial charge in [-0.3, -0.25) is 4.90 Å². The molecule has 2 heterocycles. The minimum absolute atomic E-state index is 0.482. The summed E-state index contributed by atoms with van der Waals surface area (Å²) in [6.07, 6.45) is 14.6. The van der Waals surface area contributed by atoms with Gasteiger partial charge >= 0.3 is 0 Å². The van der Waals surface area contributed by atoms with E-state index < -0.39 is 0 Å². The SMILES string of the molecule is C=C1CC(c2ccccc2)=CSC1N1CCC(CC2=CCCCCC2)CC1. The fourth-order valence-corrected chi connectivity index (χ4v) is 5.98. The summed E-state index contributed by atoms with van der Waals surface area (Å²) in [6, 6.07) is 10.8. The minimum Gasteiger partial charge on any atom is -0.288 e. The van der Waals surface area contributed by atoms with Crippen molar-refractivity contribution in [1.82, 2.24) is 4.90 Å². The molecule has 144 valence electrons. The second kappa shape index (κ2) is 9.30. The van der Waals surface area contributed by atoms with Crippen molar-refractivity contribution >= 4 is 17.3 Å². The standard InChI is InChI=1S/C25H33NS/c1-20-17-24(23-11-7-4-8-12-23)19-27-25(20)26-15-13-22(14-16-26)18-21-9-5-2-3-6-10-21/h4,7-9,11-12,19,22,25H,1-3,5-6,10,13-18H2. The average molecular weight is 380 g/mol. The van der Waals surface area contributed by atoms with E-state index in [-0.39, 0.29) is 0 Å². The van der Waals surface area contributed by atoms with Crippen molar-refractivity contribution in [2.75, 3.05) is 13.1 Å². The molecule has 1 aliphatic carbocycles. The van der Waals surface area contributed by atoms with Crippen molar-refractivity contribution in [1.29, 1.82) is 0 Å². The first-order valence-corrected chi connectivity index (χ1v) is 11.7. The highest BCUT2D eigenvalue weighted by molar-refractivity contribution is 8.03. The fourth-order valence-electron chi connectivity index (χ4n) is 4.81. The third-order valence-electron chi connectivity index (χ3n) is 6.42. The van der Waals surface area contributed by atoms with Crippen LogP contribution in [0.2, 0.25) is 0 Å². The van der Waals surface area contributed by atoms with Gasteiger partial charge in [0.2, 0.25) is 0 Å². The summed E-state index contributed by atoms with van der Waals surface area (Å²) in [5.74, 6) is 0.905. The molecule has 4 rings (SSSR count). The summed E-state index contributed by atoms with van der Waals surface area (Å²) < 4.78 is 0. The monoisotopic (exact) mass is 379 g/mol. The van der Waals surface area contributed by atoms with E-state index in [9.17, 15) is 0 Å². The highest BCUT2D eigenvalue weighted by atomic mass is 32.2. The maximum absolute atomic E-state index is 4.46. The molecule has 0 radical (unpaired) electrons. The molecule has 1 nitrogen and oxygen atoms in total. The average Bonchev–Trinajstić information content (AvgIpc) is 2.98. The Kier molecular flexibility index (Phi) is 6.57. The molecular weight excluding hydrogens is 346 g/mol. The Bertz CT molecular complexity index is 694. The van der Waals surface area contributed by atoms with E-state index in [1.54, 1.807) is 5.57 Å². The van der Waals surface area contributed by atoms with Crippen molar-refractivity contribution in [3.05, 3.63) is 65.1 Å². The maximum atomic E-state index is 4.46. The lowest BCUT2D eigenvalue weighted by Gasteiger charge is -2.39. The van der Waals surface area contributed by atoms with Crippen LogP contribution in [0, 0.1) is 5.92 Å². The zero-order valence-electron chi connectivity index (χ0n) is 16.5. The van der Waals surface area contributed by atoms with Gasteiger partial charge < -0.3 is 0 Å². The third-order valence-corrected chi connectivity index (χ3v) is 7.73. The van der Waals surface area contributed by atoms with Crippen molar-refractivity contribution in [2.45, 2.75) is 63.2 Å². The van der Waals surface area contributed by atoms with E-state index >= 15 is 0 Å². The van der Waals surface area contributed by atoms with Crippen LogP contribution in [-0.4, -0.2) is 23.4 Å². The summed E-state index contributed by atoms with van der Waals surface area (Å²) in [7, 11) is 0. The predicted molar refractivity (Wildman–Crippen MR) is 120 cm³/mol. The Balaban J connectivity index is 1.30. The first kappa shape index (κ1) is 19.1. The molecular formula is C25H33NS. The molecule has 1 fully saturated rings. The Morgan fingerprint density at radius 3 is 2.63 bits per heavy atom. The smallest absolute Gasteiger partial charge is 0.0815 e. The highest BCUT2D eigenvalue weighted by Gasteiger charge is 2.29. The number of benzene rings is 1. The Morgan fingerprint density at radius 1 is 1.04 bits per heavy atom. The van der Waals surface area contributed by atoms with E-state index in [1.807, 2.05) is 11.8 Å². The quantitative estimate of drug-likeness (QED) is 0.516. The molecule has 1 unspecified atom stereocenters. The highest BCUT2D eigenvalue weighted by Crippen LogP contribution is 2.40. The number of piperidine rings is 1. The van der Waals surface area contributed by atoms with Gasteiger partial charge in [-0.05, 0) is 92.5 Å². The van der Waals surface area contributed by atoms with Gasteiger partial charge in [-0.15, -0.1) is 11.8 Å². The van der Waals surface area contributed by atoms with Crippen LogP contribution in [0.4, 0.5) is 0 Å². The molecule has 27 heavy (non-hydrogen) atoms. The first-order valence-electron chi connectivity index (χ1n) is 10.8. The molecule has 2 aliphatic heterocycles. The van der Waals surface area contributed by atoms with E-state index in [1.165, 1.54) is 81.2 Å². The molecule has 0 amide bonds. The van der Waals surface area contributed by atoms with Gasteiger partial charge in [0, 0.05) is 0 Å². The molecule has 3 aliphatic rings. The molecule has 0 aromatic heterocycles. The molecule has 0 bridgehead atoms. The molecule has 0 N–H and O–H groups in total. The zero-order chi connectivity index (χ0) is 18.5. The van der Waals surface area contributed by atoms with Gasteiger partial charge in [-0.25, -0.2) is 0 Å². The summed E-state index contributed by atoms with van der Waals surface area (Å²) in [4.78, 5) is 2.68. The molecule has 1 aromatic carbocycles. The molecule has 0 spiro atoms. The van der Waals surface area contributed by atoms with Gasteiger partial charge in [0.05, 0.1) is 5.37 Å². The van der Waals surface area contributed by atoms with Crippen LogP contribution in [0.3, 0.4) is 0 Å². The number of rotatable bonds is 4. The van der Waals surface area contributed by atoms with Crippen LogP contribution < -0.4 is 0 Å². The summed E-state index contributed by atoms with van der Waals surface area (Å²) in [6.45, 7) is 6.94. The molecule has 1 atom stereocenters. The number of likely N-dealkylation sites (tertiary alicyclic amines) is 1. The van der Waals surface area contributed by atoms with Crippen LogP contribution in [0.15, 0.2) is 59.5 Å². The first-order chi connectivity index (χ1) is 13.3. The van der Waals surface area contributed by atoms with E-state index in [4.69, 9.17) is 0 Å². The number of hydrogen-bond donors (Lipinski definition) is 0. The van der Waals surface area contributed by atoms with Crippen LogP contribution in [0.5, 0.6) is 0 Å². The lowest BCUT2D eigenvalue weighted by Crippen LogP contribution is -2.41. The van der Waals surface area contributed by atoms with Crippen molar-refractivity contribution in [2.24, 2.45) is 5.92 Å². The van der Waals surface area contributed by atoms with E-state index in [2.05, 4.69) is 53.3 Å². The fraction of sp³-hybridized carbons (Fsp3) is 0.520. The van der Waals surface area contributed by atoms with Crippen LogP contribution in [-0.2, 0) is 0 Å². The maximum Gasteiger partial charge on any atom is 0.0815 e. The second-order valence-electron chi connectivity index (χ2n) is 8.48. The number of allylic oxidation sites excluding steroid dienone is 3. The number of nitrogens with zero attached hydrogens (tertiary/aromatic N) is 1. The van der Waals surface area contributed by atoms with Crippen molar-refractivity contribution < 1.29 is 0 Å². The minimum atomic E-state index is 0.482. The molecule has 1 aromatic rings. The largest absolute Gasteiger partial charge is 0.288 e. The predicted octanol–water partition coefficient (Wildman–Crippen LogP) is 7.04. The molecule has 1 saturated heterocycles. The van der Waals surface area contributed by atoms with E-state index in [0.717, 1.165) is 12.3 Å². The van der Waals surface area contributed by atoms with Gasteiger partial charge in [0.15, 0.2) is 0 Å². The zero-order valence-corrected chi connectivity index (χ0v) is 17.4. The molecule has 2 heteroatoms. The van der Waals surface area contributed by atoms with Crippen molar-refractivity contribution in [3.8, 4) is 0 Å². The van der Waals surface area contributed by atoms with Crippen LogP contribution in [0.1, 0.15) is 63.4 Å². The molecule has 0 saturated carbocycles. The van der Waals surface area contributed by atoms with Crippen LogP contribution >= 0.6 is 11.8 Å². The van der Waals surface area contributed by atoms with Crippen molar-refractivity contribution in [3.63, 3.8) is 0 Å². The Morgan fingerprint density at radius 2 is 1.85 bits per heavy atom. The lowest BCUT2D eigenvalue weighted by molar-refractivity contribution is 0.183. The topological polar surface area (TPSA) is 3.24 Å². The van der Waals surface area contributed by atoms with Gasteiger partial charge in [0.1, 0.15) is 0 Å². The Labute approximate surface area is 169 Å². The summed E-state index contributed by atoms with van der Waals surface area (Å²) in [5, 5.41) is 2.87.